The van der Waals surface area contributed by atoms with Crippen LogP contribution in [-0.2, 0) is 0 Å². The van der Waals surface area contributed by atoms with E-state index in [-0.39, 0.29) is 5.82 Å². The number of pyridine rings is 1. The van der Waals surface area contributed by atoms with Crippen LogP contribution in [0, 0.1) is 9.39 Å². The van der Waals surface area contributed by atoms with Crippen molar-refractivity contribution in [2.75, 3.05) is 7.11 Å². The minimum atomic E-state index is -0.349. The molecule has 1 heterocycles. The molecule has 1 aromatic carbocycles. The van der Waals surface area contributed by atoms with Gasteiger partial charge in [0.2, 0.25) is 0 Å². The quantitative estimate of drug-likeness (QED) is 0.756. The van der Waals surface area contributed by atoms with Gasteiger partial charge in [-0.2, -0.15) is 0 Å². The number of fused-ring (bicyclic) bond motifs is 1. The first kappa shape index (κ1) is 9.64. The maximum atomic E-state index is 13.5. The lowest BCUT2D eigenvalue weighted by Gasteiger charge is -2.04. The third kappa shape index (κ3) is 1.54. The van der Waals surface area contributed by atoms with Crippen molar-refractivity contribution in [2.45, 2.75) is 0 Å². The van der Waals surface area contributed by atoms with Gasteiger partial charge in [0.15, 0.2) is 5.82 Å². The predicted molar refractivity (Wildman–Crippen MR) is 61.0 cm³/mol. The van der Waals surface area contributed by atoms with E-state index in [4.69, 9.17) is 4.74 Å². The SMILES string of the molecule is COc1cc(F)c2nccc(I)c2c1. The Hall–Kier alpha value is -0.910. The predicted octanol–water partition coefficient (Wildman–Crippen LogP) is 2.99. The molecule has 0 amide bonds. The summed E-state index contributed by atoms with van der Waals surface area (Å²) in [5, 5.41) is 0.782. The van der Waals surface area contributed by atoms with Gasteiger partial charge in [-0.15, -0.1) is 0 Å². The molecule has 0 saturated heterocycles. The number of rotatable bonds is 1. The Balaban J connectivity index is 2.83. The van der Waals surface area contributed by atoms with Crippen LogP contribution in [0.25, 0.3) is 10.9 Å². The first-order valence-corrected chi connectivity index (χ1v) is 5.08. The van der Waals surface area contributed by atoms with Crippen LogP contribution in [-0.4, -0.2) is 12.1 Å². The number of methoxy groups -OCH3 is 1. The average Bonchev–Trinajstić information content (AvgIpc) is 2.19. The highest BCUT2D eigenvalue weighted by Gasteiger charge is 2.07. The van der Waals surface area contributed by atoms with Crippen molar-refractivity contribution in [1.29, 1.82) is 0 Å². The zero-order valence-corrected chi connectivity index (χ0v) is 9.58. The van der Waals surface area contributed by atoms with Gasteiger partial charge in [-0.05, 0) is 34.7 Å². The molecule has 72 valence electrons. The van der Waals surface area contributed by atoms with Crippen LogP contribution < -0.4 is 4.74 Å². The topological polar surface area (TPSA) is 22.1 Å². The largest absolute Gasteiger partial charge is 0.497 e. The number of ether oxygens (including phenoxy) is 1. The summed E-state index contributed by atoms with van der Waals surface area (Å²) in [4.78, 5) is 3.98. The molecular weight excluding hydrogens is 296 g/mol. The summed E-state index contributed by atoms with van der Waals surface area (Å²) in [7, 11) is 1.52. The van der Waals surface area contributed by atoms with E-state index in [0.29, 0.717) is 11.3 Å². The molecule has 14 heavy (non-hydrogen) atoms. The molecule has 0 aliphatic carbocycles. The average molecular weight is 303 g/mol. The van der Waals surface area contributed by atoms with Crippen LogP contribution >= 0.6 is 22.6 Å². The maximum Gasteiger partial charge on any atom is 0.153 e. The fraction of sp³-hybridized carbons (Fsp3) is 0.100. The summed E-state index contributed by atoms with van der Waals surface area (Å²) in [6.07, 6.45) is 1.60. The first-order chi connectivity index (χ1) is 6.72. The molecule has 2 aromatic rings. The summed E-state index contributed by atoms with van der Waals surface area (Å²) >= 11 is 2.15. The number of hydrogen-bond acceptors (Lipinski definition) is 2. The van der Waals surface area contributed by atoms with Crippen molar-refractivity contribution in [1.82, 2.24) is 4.98 Å². The van der Waals surface area contributed by atoms with Crippen LogP contribution in [0.4, 0.5) is 4.39 Å². The Kier molecular flexibility index (Phi) is 2.54. The molecule has 0 N–H and O–H groups in total. The normalized spacial score (nSPS) is 10.5. The molecule has 0 aliphatic rings. The molecule has 4 heteroatoms. The van der Waals surface area contributed by atoms with Crippen molar-refractivity contribution < 1.29 is 9.13 Å². The van der Waals surface area contributed by atoms with E-state index >= 15 is 0 Å². The van der Waals surface area contributed by atoms with E-state index in [0.717, 1.165) is 8.96 Å². The summed E-state index contributed by atoms with van der Waals surface area (Å²) in [6, 6.07) is 4.96. The number of nitrogens with zero attached hydrogens (tertiary/aromatic N) is 1. The molecular formula is C10H7FINO. The van der Waals surface area contributed by atoms with E-state index in [9.17, 15) is 4.39 Å². The van der Waals surface area contributed by atoms with E-state index in [2.05, 4.69) is 27.6 Å². The van der Waals surface area contributed by atoms with Gasteiger partial charge in [-0.25, -0.2) is 4.39 Å². The molecule has 1 aromatic heterocycles. The highest BCUT2D eigenvalue weighted by molar-refractivity contribution is 14.1. The lowest BCUT2D eigenvalue weighted by Crippen LogP contribution is -1.90. The Morgan fingerprint density at radius 3 is 2.93 bits per heavy atom. The summed E-state index contributed by atoms with van der Waals surface area (Å²) in [6.45, 7) is 0. The van der Waals surface area contributed by atoms with E-state index in [1.165, 1.54) is 13.2 Å². The van der Waals surface area contributed by atoms with Crippen molar-refractivity contribution >= 4 is 33.5 Å². The van der Waals surface area contributed by atoms with Crippen LogP contribution in [0.3, 0.4) is 0 Å². The molecule has 0 radical (unpaired) electrons. The standard InChI is InChI=1S/C10H7FINO/c1-14-6-4-7-9(12)2-3-13-10(7)8(11)5-6/h2-5H,1H3. The lowest BCUT2D eigenvalue weighted by atomic mass is 10.2. The highest BCUT2D eigenvalue weighted by Crippen LogP contribution is 2.25. The molecule has 0 spiro atoms. The van der Waals surface area contributed by atoms with Crippen LogP contribution in [0.1, 0.15) is 0 Å². The molecule has 0 aliphatic heterocycles. The van der Waals surface area contributed by atoms with Crippen molar-refractivity contribution in [2.24, 2.45) is 0 Å². The number of aromatic nitrogens is 1. The monoisotopic (exact) mass is 303 g/mol. The Morgan fingerprint density at radius 1 is 1.43 bits per heavy atom. The molecule has 0 saturated carbocycles. The molecule has 2 rings (SSSR count). The molecule has 0 unspecified atom stereocenters. The fourth-order valence-electron chi connectivity index (χ4n) is 1.27. The van der Waals surface area contributed by atoms with Gasteiger partial charge in [-0.1, -0.05) is 0 Å². The lowest BCUT2D eigenvalue weighted by molar-refractivity contribution is 0.412. The second-order valence-corrected chi connectivity index (χ2v) is 3.96. The minimum absolute atomic E-state index is 0.349. The van der Waals surface area contributed by atoms with E-state index in [1.54, 1.807) is 12.3 Å². The van der Waals surface area contributed by atoms with Crippen molar-refractivity contribution in [3.05, 3.63) is 33.8 Å². The Morgan fingerprint density at radius 2 is 2.21 bits per heavy atom. The molecule has 0 atom stereocenters. The van der Waals surface area contributed by atoms with Gasteiger partial charge in [0.25, 0.3) is 0 Å². The number of benzene rings is 1. The first-order valence-electron chi connectivity index (χ1n) is 4.00. The zero-order chi connectivity index (χ0) is 10.1. The van der Waals surface area contributed by atoms with Gasteiger partial charge in [0.1, 0.15) is 11.3 Å². The molecule has 2 nitrogen and oxygen atoms in total. The van der Waals surface area contributed by atoms with Crippen LogP contribution in [0.2, 0.25) is 0 Å². The van der Waals surface area contributed by atoms with Crippen molar-refractivity contribution in [3.63, 3.8) is 0 Å². The minimum Gasteiger partial charge on any atom is -0.497 e. The summed E-state index contributed by atoms with van der Waals surface area (Å²) < 4.78 is 19.4. The summed E-state index contributed by atoms with van der Waals surface area (Å²) in [5.41, 5.74) is 0.387. The smallest absolute Gasteiger partial charge is 0.153 e. The number of halogens is 2. The van der Waals surface area contributed by atoms with E-state index in [1.807, 2.05) is 6.07 Å². The third-order valence-electron chi connectivity index (χ3n) is 1.95. The maximum absolute atomic E-state index is 13.5. The van der Waals surface area contributed by atoms with Gasteiger partial charge >= 0.3 is 0 Å². The Bertz CT molecular complexity index is 487. The van der Waals surface area contributed by atoms with Crippen LogP contribution in [0.15, 0.2) is 24.4 Å². The van der Waals surface area contributed by atoms with Crippen LogP contribution in [0.5, 0.6) is 5.75 Å². The van der Waals surface area contributed by atoms with Crippen molar-refractivity contribution in [3.8, 4) is 5.75 Å². The second-order valence-electron chi connectivity index (χ2n) is 2.80. The second kappa shape index (κ2) is 3.68. The van der Waals surface area contributed by atoms with Gasteiger partial charge in [-0.3, -0.25) is 4.98 Å². The third-order valence-corrected chi connectivity index (χ3v) is 2.90. The summed E-state index contributed by atoms with van der Waals surface area (Å²) in [5.74, 6) is 0.166. The molecule has 0 bridgehead atoms. The van der Waals surface area contributed by atoms with E-state index < -0.39 is 0 Å². The zero-order valence-electron chi connectivity index (χ0n) is 7.42. The highest BCUT2D eigenvalue weighted by atomic mass is 127. The fourth-order valence-corrected chi connectivity index (χ4v) is 1.84. The van der Waals surface area contributed by atoms with Gasteiger partial charge in [0, 0.05) is 21.2 Å². The van der Waals surface area contributed by atoms with Gasteiger partial charge < -0.3 is 4.74 Å². The Labute approximate surface area is 94.2 Å². The molecule has 0 fully saturated rings. The number of hydrogen-bond donors (Lipinski definition) is 0. The van der Waals surface area contributed by atoms with Gasteiger partial charge in [0.05, 0.1) is 7.11 Å².